The fourth-order valence-electron chi connectivity index (χ4n) is 1.74. The standard InChI is InChI=1S/C12H12N2O3/c13-7-9-3-1-2-4-10(9)8-14-5-6-17-12(16)11(14)15/h1-4,12,16H,5-6,8H2. The van der Waals surface area contributed by atoms with Crippen molar-refractivity contribution in [2.75, 3.05) is 13.2 Å². The number of carbonyl (C=O) groups is 1. The Hall–Kier alpha value is -1.90. The third kappa shape index (κ3) is 2.44. The molecule has 0 radical (unpaired) electrons. The highest BCUT2D eigenvalue weighted by atomic mass is 16.6. The SMILES string of the molecule is N#Cc1ccccc1CN1CCOC(O)C1=O. The highest BCUT2D eigenvalue weighted by molar-refractivity contribution is 5.80. The van der Waals surface area contributed by atoms with Crippen LogP contribution in [0.1, 0.15) is 11.1 Å². The van der Waals surface area contributed by atoms with Gasteiger partial charge in [-0.25, -0.2) is 0 Å². The summed E-state index contributed by atoms with van der Waals surface area (Å²) in [6.07, 6.45) is -1.38. The van der Waals surface area contributed by atoms with Crippen molar-refractivity contribution in [1.82, 2.24) is 4.90 Å². The molecule has 1 unspecified atom stereocenters. The van der Waals surface area contributed by atoms with Gasteiger partial charge in [-0.15, -0.1) is 0 Å². The Bertz CT molecular complexity index is 467. The van der Waals surface area contributed by atoms with Crippen molar-refractivity contribution in [3.8, 4) is 6.07 Å². The number of carbonyl (C=O) groups excluding carboxylic acids is 1. The highest BCUT2D eigenvalue weighted by Gasteiger charge is 2.27. The Morgan fingerprint density at radius 1 is 1.53 bits per heavy atom. The number of aliphatic hydroxyl groups is 1. The lowest BCUT2D eigenvalue weighted by atomic mass is 10.1. The minimum absolute atomic E-state index is 0.307. The molecular formula is C12H12N2O3. The number of aliphatic hydroxyl groups excluding tert-OH is 1. The normalized spacial score (nSPS) is 20.1. The van der Waals surface area contributed by atoms with Crippen LogP contribution in [0.3, 0.4) is 0 Å². The maximum Gasteiger partial charge on any atom is 0.279 e. The first kappa shape index (κ1) is 11.6. The summed E-state index contributed by atoms with van der Waals surface area (Å²) in [6, 6.07) is 9.18. The molecule has 1 fully saturated rings. The van der Waals surface area contributed by atoms with Gasteiger partial charge in [-0.3, -0.25) is 4.79 Å². The second-order valence-electron chi connectivity index (χ2n) is 3.75. The number of nitrogens with zero attached hydrogens (tertiary/aromatic N) is 2. The zero-order valence-corrected chi connectivity index (χ0v) is 9.17. The summed E-state index contributed by atoms with van der Waals surface area (Å²) in [4.78, 5) is 13.1. The monoisotopic (exact) mass is 232 g/mol. The summed E-state index contributed by atoms with van der Waals surface area (Å²) < 4.78 is 4.81. The van der Waals surface area contributed by atoms with Crippen LogP contribution in [0.2, 0.25) is 0 Å². The Morgan fingerprint density at radius 2 is 2.29 bits per heavy atom. The van der Waals surface area contributed by atoms with Crippen molar-refractivity contribution in [3.63, 3.8) is 0 Å². The van der Waals surface area contributed by atoms with Crippen LogP contribution in [-0.4, -0.2) is 35.4 Å². The van der Waals surface area contributed by atoms with Crippen LogP contribution in [0.25, 0.3) is 0 Å². The summed E-state index contributed by atoms with van der Waals surface area (Å²) in [7, 11) is 0. The van der Waals surface area contributed by atoms with Crippen LogP contribution in [-0.2, 0) is 16.1 Å². The molecular weight excluding hydrogens is 220 g/mol. The molecule has 88 valence electrons. The summed E-state index contributed by atoms with van der Waals surface area (Å²) in [5, 5.41) is 18.2. The number of ether oxygens (including phenoxy) is 1. The van der Waals surface area contributed by atoms with Crippen LogP contribution in [0.4, 0.5) is 0 Å². The zero-order valence-electron chi connectivity index (χ0n) is 9.17. The molecule has 17 heavy (non-hydrogen) atoms. The van der Waals surface area contributed by atoms with E-state index in [0.717, 1.165) is 5.56 Å². The molecule has 1 aliphatic heterocycles. The average Bonchev–Trinajstić information content (AvgIpc) is 2.35. The predicted octanol–water partition coefficient (Wildman–Crippen LogP) is 0.235. The molecule has 5 nitrogen and oxygen atoms in total. The molecule has 0 aliphatic carbocycles. The second kappa shape index (κ2) is 4.95. The van der Waals surface area contributed by atoms with E-state index in [0.29, 0.717) is 25.3 Å². The molecule has 2 rings (SSSR count). The van der Waals surface area contributed by atoms with Crippen molar-refractivity contribution >= 4 is 5.91 Å². The van der Waals surface area contributed by atoms with E-state index in [1.165, 1.54) is 4.90 Å². The summed E-state index contributed by atoms with van der Waals surface area (Å²) >= 11 is 0. The number of nitriles is 1. The molecule has 5 heteroatoms. The average molecular weight is 232 g/mol. The number of hydrogen-bond acceptors (Lipinski definition) is 4. The maximum atomic E-state index is 11.6. The van der Waals surface area contributed by atoms with Gasteiger partial charge in [0.1, 0.15) is 0 Å². The Balaban J connectivity index is 2.15. The highest BCUT2D eigenvalue weighted by Crippen LogP contribution is 2.13. The van der Waals surface area contributed by atoms with Gasteiger partial charge >= 0.3 is 0 Å². The molecule has 1 atom stereocenters. The van der Waals surface area contributed by atoms with Crippen molar-refractivity contribution in [3.05, 3.63) is 35.4 Å². The van der Waals surface area contributed by atoms with E-state index in [4.69, 9.17) is 10.00 Å². The van der Waals surface area contributed by atoms with Crippen molar-refractivity contribution < 1.29 is 14.6 Å². The summed E-state index contributed by atoms with van der Waals surface area (Å²) in [5.74, 6) is -0.455. The lowest BCUT2D eigenvalue weighted by Crippen LogP contribution is -2.47. The minimum atomic E-state index is -1.38. The molecule has 0 saturated carbocycles. The third-order valence-corrected chi connectivity index (χ3v) is 2.66. The maximum absolute atomic E-state index is 11.6. The van der Waals surface area contributed by atoms with Crippen LogP contribution >= 0.6 is 0 Å². The van der Waals surface area contributed by atoms with Gasteiger partial charge in [0, 0.05) is 13.1 Å². The number of morpholine rings is 1. The second-order valence-corrected chi connectivity index (χ2v) is 3.75. The van der Waals surface area contributed by atoms with Crippen LogP contribution in [0.15, 0.2) is 24.3 Å². The quantitative estimate of drug-likeness (QED) is 0.792. The zero-order chi connectivity index (χ0) is 12.3. The molecule has 1 aromatic rings. The first-order valence-corrected chi connectivity index (χ1v) is 5.29. The number of benzene rings is 1. The third-order valence-electron chi connectivity index (χ3n) is 2.66. The van der Waals surface area contributed by atoms with E-state index in [1.54, 1.807) is 18.2 Å². The number of hydrogen-bond donors (Lipinski definition) is 1. The van der Waals surface area contributed by atoms with Crippen molar-refractivity contribution in [2.24, 2.45) is 0 Å². The van der Waals surface area contributed by atoms with E-state index in [2.05, 4.69) is 6.07 Å². The van der Waals surface area contributed by atoms with E-state index in [-0.39, 0.29) is 0 Å². The molecule has 0 aromatic heterocycles. The molecule has 0 bridgehead atoms. The Kier molecular flexibility index (Phi) is 3.38. The first-order valence-electron chi connectivity index (χ1n) is 5.29. The van der Waals surface area contributed by atoms with Gasteiger partial charge in [-0.1, -0.05) is 18.2 Å². The smallest absolute Gasteiger partial charge is 0.279 e. The Labute approximate surface area is 98.8 Å². The first-order chi connectivity index (χ1) is 8.22. The van der Waals surface area contributed by atoms with Gasteiger partial charge in [0.15, 0.2) is 0 Å². The number of amides is 1. The van der Waals surface area contributed by atoms with Gasteiger partial charge < -0.3 is 14.7 Å². The van der Waals surface area contributed by atoms with Gasteiger partial charge in [-0.05, 0) is 11.6 Å². The van der Waals surface area contributed by atoms with E-state index in [1.807, 2.05) is 6.07 Å². The topological polar surface area (TPSA) is 73.6 Å². The summed E-state index contributed by atoms with van der Waals surface area (Å²) in [6.45, 7) is 1.06. The van der Waals surface area contributed by atoms with E-state index >= 15 is 0 Å². The molecule has 1 heterocycles. The molecule has 1 aromatic carbocycles. The molecule has 1 aliphatic rings. The lowest BCUT2D eigenvalue weighted by Gasteiger charge is -2.30. The lowest BCUT2D eigenvalue weighted by molar-refractivity contribution is -0.184. The van der Waals surface area contributed by atoms with Gasteiger partial charge in [-0.2, -0.15) is 5.26 Å². The largest absolute Gasteiger partial charge is 0.361 e. The Morgan fingerprint density at radius 3 is 3.06 bits per heavy atom. The molecule has 0 spiro atoms. The van der Waals surface area contributed by atoms with Crippen LogP contribution in [0, 0.1) is 11.3 Å². The van der Waals surface area contributed by atoms with Crippen LogP contribution in [0.5, 0.6) is 0 Å². The fourth-order valence-corrected chi connectivity index (χ4v) is 1.74. The van der Waals surface area contributed by atoms with Gasteiger partial charge in [0.25, 0.3) is 5.91 Å². The van der Waals surface area contributed by atoms with Gasteiger partial charge in [0.2, 0.25) is 6.29 Å². The van der Waals surface area contributed by atoms with E-state index < -0.39 is 12.2 Å². The minimum Gasteiger partial charge on any atom is -0.361 e. The fraction of sp³-hybridized carbons (Fsp3) is 0.333. The van der Waals surface area contributed by atoms with Gasteiger partial charge in [0.05, 0.1) is 18.2 Å². The number of rotatable bonds is 2. The molecule has 1 saturated heterocycles. The molecule has 1 amide bonds. The molecule has 1 N–H and O–H groups in total. The van der Waals surface area contributed by atoms with E-state index in [9.17, 15) is 9.90 Å². The van der Waals surface area contributed by atoms with Crippen molar-refractivity contribution in [2.45, 2.75) is 12.8 Å². The van der Waals surface area contributed by atoms with Crippen molar-refractivity contribution in [1.29, 1.82) is 5.26 Å². The summed E-state index contributed by atoms with van der Waals surface area (Å²) in [5.41, 5.74) is 1.32. The van der Waals surface area contributed by atoms with Crippen LogP contribution < -0.4 is 0 Å². The predicted molar refractivity (Wildman–Crippen MR) is 58.5 cm³/mol.